The van der Waals surface area contributed by atoms with Crippen molar-refractivity contribution in [3.63, 3.8) is 0 Å². The Morgan fingerprint density at radius 2 is 1.93 bits per heavy atom. The number of nitrogens with zero attached hydrogens (tertiary/aromatic N) is 5. The predicted molar refractivity (Wildman–Crippen MR) is 120 cm³/mol. The van der Waals surface area contributed by atoms with Crippen LogP contribution in [-0.4, -0.2) is 48.3 Å². The fraction of sp³-hybridized carbons (Fsp3) is 0.304. The summed E-state index contributed by atoms with van der Waals surface area (Å²) < 4.78 is 0. The Bertz CT molecular complexity index is 973. The highest BCUT2D eigenvalue weighted by Crippen LogP contribution is 2.24. The Balaban J connectivity index is 1.39. The number of carbonyl (C=O) groups excluding carboxylic acids is 1. The van der Waals surface area contributed by atoms with Crippen molar-refractivity contribution in [3.05, 3.63) is 60.9 Å². The molecule has 0 saturated carbocycles. The van der Waals surface area contributed by atoms with Crippen LogP contribution in [0.3, 0.4) is 0 Å². The topological polar surface area (TPSA) is 74.2 Å². The van der Waals surface area contributed by atoms with Gasteiger partial charge in [-0.3, -0.25) is 9.78 Å². The third kappa shape index (κ3) is 4.56. The molecular formula is C23H26N6O. The van der Waals surface area contributed by atoms with Crippen molar-refractivity contribution < 1.29 is 4.79 Å². The summed E-state index contributed by atoms with van der Waals surface area (Å²) in [5.41, 5.74) is 3.65. The van der Waals surface area contributed by atoms with E-state index in [1.807, 2.05) is 67.5 Å². The van der Waals surface area contributed by atoms with Gasteiger partial charge in [0.15, 0.2) is 5.82 Å². The van der Waals surface area contributed by atoms with E-state index in [0.717, 1.165) is 47.8 Å². The molecule has 3 heterocycles. The number of anilines is 3. The molecule has 7 nitrogen and oxygen atoms in total. The van der Waals surface area contributed by atoms with Crippen LogP contribution >= 0.6 is 0 Å². The van der Waals surface area contributed by atoms with Gasteiger partial charge in [0, 0.05) is 56.5 Å². The number of amides is 1. The number of rotatable bonds is 5. The zero-order valence-electron chi connectivity index (χ0n) is 17.3. The van der Waals surface area contributed by atoms with Gasteiger partial charge in [-0.15, -0.1) is 10.2 Å². The molecule has 0 radical (unpaired) electrons. The smallest absolute Gasteiger partial charge is 0.229 e. The van der Waals surface area contributed by atoms with Crippen molar-refractivity contribution in [2.75, 3.05) is 42.3 Å². The first-order chi connectivity index (χ1) is 14.6. The van der Waals surface area contributed by atoms with Crippen molar-refractivity contribution >= 4 is 23.1 Å². The summed E-state index contributed by atoms with van der Waals surface area (Å²) in [6.07, 6.45) is 5.33. The summed E-state index contributed by atoms with van der Waals surface area (Å²) in [5, 5.41) is 11.8. The van der Waals surface area contributed by atoms with Gasteiger partial charge in [-0.25, -0.2) is 0 Å². The van der Waals surface area contributed by atoms with E-state index >= 15 is 0 Å². The standard InChI is InChI=1S/C23H26N6O/c1-28(2)20-9-7-19(8-10-20)25-23(30)18-6-4-14-29(16-18)22-12-11-21(26-27-22)17-5-3-13-24-15-17/h3,5,7-13,15,18H,4,6,14,16H2,1-2H3,(H,25,30). The lowest BCUT2D eigenvalue weighted by Crippen LogP contribution is -2.41. The van der Waals surface area contributed by atoms with Gasteiger partial charge in [0.1, 0.15) is 0 Å². The second-order valence-corrected chi connectivity index (χ2v) is 7.73. The Morgan fingerprint density at radius 3 is 2.60 bits per heavy atom. The maximum absolute atomic E-state index is 12.8. The highest BCUT2D eigenvalue weighted by Gasteiger charge is 2.27. The zero-order valence-corrected chi connectivity index (χ0v) is 17.3. The summed E-state index contributed by atoms with van der Waals surface area (Å²) in [6.45, 7) is 1.52. The minimum atomic E-state index is -0.0768. The predicted octanol–water partition coefficient (Wildman–Crippen LogP) is 3.46. The zero-order chi connectivity index (χ0) is 20.9. The van der Waals surface area contributed by atoms with Crippen LogP contribution in [0.5, 0.6) is 0 Å². The summed E-state index contributed by atoms with van der Waals surface area (Å²) >= 11 is 0. The first kappa shape index (κ1) is 19.8. The van der Waals surface area contributed by atoms with Gasteiger partial charge < -0.3 is 15.1 Å². The number of nitrogens with one attached hydrogen (secondary N) is 1. The molecule has 1 aliphatic heterocycles. The van der Waals surface area contributed by atoms with Gasteiger partial charge in [-0.2, -0.15) is 0 Å². The van der Waals surface area contributed by atoms with Crippen molar-refractivity contribution in [1.29, 1.82) is 0 Å². The third-order valence-corrected chi connectivity index (χ3v) is 5.38. The third-order valence-electron chi connectivity index (χ3n) is 5.38. The van der Waals surface area contributed by atoms with Gasteiger partial charge >= 0.3 is 0 Å². The Morgan fingerprint density at radius 1 is 1.10 bits per heavy atom. The molecule has 1 saturated heterocycles. The highest BCUT2D eigenvalue weighted by molar-refractivity contribution is 5.93. The quantitative estimate of drug-likeness (QED) is 0.705. The summed E-state index contributed by atoms with van der Waals surface area (Å²) in [4.78, 5) is 21.1. The second kappa shape index (κ2) is 8.90. The van der Waals surface area contributed by atoms with E-state index < -0.39 is 0 Å². The summed E-state index contributed by atoms with van der Waals surface area (Å²) in [6, 6.07) is 15.7. The van der Waals surface area contributed by atoms with Crippen LogP contribution in [0.1, 0.15) is 12.8 Å². The van der Waals surface area contributed by atoms with Crippen LogP contribution in [0, 0.1) is 5.92 Å². The van der Waals surface area contributed by atoms with Crippen molar-refractivity contribution in [1.82, 2.24) is 15.2 Å². The molecule has 7 heteroatoms. The summed E-state index contributed by atoms with van der Waals surface area (Å²) in [5.74, 6) is 0.778. The van der Waals surface area contributed by atoms with Gasteiger partial charge in [-0.1, -0.05) is 0 Å². The van der Waals surface area contributed by atoms with E-state index in [4.69, 9.17) is 0 Å². The molecule has 1 aromatic carbocycles. The molecule has 2 aromatic heterocycles. The molecule has 30 heavy (non-hydrogen) atoms. The Labute approximate surface area is 176 Å². The van der Waals surface area contributed by atoms with Gasteiger partial charge in [0.25, 0.3) is 0 Å². The first-order valence-corrected chi connectivity index (χ1v) is 10.2. The summed E-state index contributed by atoms with van der Waals surface area (Å²) in [7, 11) is 3.99. The normalized spacial score (nSPS) is 16.2. The van der Waals surface area contributed by atoms with Crippen molar-refractivity contribution in [3.8, 4) is 11.3 Å². The van der Waals surface area contributed by atoms with Crippen LogP contribution in [0.15, 0.2) is 60.9 Å². The van der Waals surface area contributed by atoms with E-state index in [2.05, 4.69) is 25.4 Å². The van der Waals surface area contributed by atoms with E-state index in [9.17, 15) is 4.79 Å². The molecule has 1 unspecified atom stereocenters. The lowest BCUT2D eigenvalue weighted by molar-refractivity contribution is -0.120. The van der Waals surface area contributed by atoms with E-state index in [1.54, 1.807) is 12.4 Å². The Kier molecular flexibility index (Phi) is 5.88. The van der Waals surface area contributed by atoms with Crippen LogP contribution in [-0.2, 0) is 4.79 Å². The minimum absolute atomic E-state index is 0.0530. The van der Waals surface area contributed by atoms with Gasteiger partial charge in [0.2, 0.25) is 5.91 Å². The van der Waals surface area contributed by atoms with E-state index in [1.165, 1.54) is 0 Å². The Hall–Kier alpha value is -3.48. The fourth-order valence-electron chi connectivity index (χ4n) is 3.65. The lowest BCUT2D eigenvalue weighted by atomic mass is 9.97. The first-order valence-electron chi connectivity index (χ1n) is 10.2. The van der Waals surface area contributed by atoms with E-state index in [0.29, 0.717) is 6.54 Å². The van der Waals surface area contributed by atoms with Crippen LogP contribution in [0.25, 0.3) is 11.3 Å². The van der Waals surface area contributed by atoms with E-state index in [-0.39, 0.29) is 11.8 Å². The molecule has 0 spiro atoms. The van der Waals surface area contributed by atoms with Gasteiger partial charge in [0.05, 0.1) is 11.6 Å². The largest absolute Gasteiger partial charge is 0.378 e. The number of aromatic nitrogens is 3. The molecule has 0 bridgehead atoms. The maximum Gasteiger partial charge on any atom is 0.229 e. The molecule has 3 aromatic rings. The number of benzene rings is 1. The van der Waals surface area contributed by atoms with Crippen molar-refractivity contribution in [2.24, 2.45) is 5.92 Å². The molecule has 1 atom stereocenters. The molecule has 1 N–H and O–H groups in total. The molecule has 1 fully saturated rings. The average molecular weight is 403 g/mol. The number of hydrogen-bond acceptors (Lipinski definition) is 6. The molecule has 0 aliphatic carbocycles. The number of pyridine rings is 1. The molecular weight excluding hydrogens is 376 g/mol. The fourth-order valence-corrected chi connectivity index (χ4v) is 3.65. The second-order valence-electron chi connectivity index (χ2n) is 7.73. The molecule has 1 aliphatic rings. The number of carbonyl (C=O) groups is 1. The molecule has 1 amide bonds. The SMILES string of the molecule is CN(C)c1ccc(NC(=O)C2CCCN(c3ccc(-c4cccnc4)nn3)C2)cc1. The molecule has 4 rings (SSSR count). The monoisotopic (exact) mass is 402 g/mol. The molecule has 154 valence electrons. The van der Waals surface area contributed by atoms with Crippen LogP contribution < -0.4 is 15.1 Å². The van der Waals surface area contributed by atoms with Crippen LogP contribution in [0.2, 0.25) is 0 Å². The minimum Gasteiger partial charge on any atom is -0.378 e. The average Bonchev–Trinajstić information content (AvgIpc) is 2.80. The highest BCUT2D eigenvalue weighted by atomic mass is 16.1. The lowest BCUT2D eigenvalue weighted by Gasteiger charge is -2.32. The van der Waals surface area contributed by atoms with Gasteiger partial charge in [-0.05, 0) is 61.4 Å². The number of hydrogen-bond donors (Lipinski definition) is 1. The van der Waals surface area contributed by atoms with Crippen molar-refractivity contribution in [2.45, 2.75) is 12.8 Å². The van der Waals surface area contributed by atoms with Crippen LogP contribution in [0.4, 0.5) is 17.2 Å². The number of piperidine rings is 1. The maximum atomic E-state index is 12.8.